The number of aromatic nitrogens is 2. The first kappa shape index (κ1) is 9.28. The first-order chi connectivity index (χ1) is 7.34. The first-order valence-corrected chi connectivity index (χ1v) is 6.04. The Balaban J connectivity index is 2.23. The summed E-state index contributed by atoms with van der Waals surface area (Å²) in [5.41, 5.74) is 2.28. The standard InChI is InChI=1S/C12H11BrN2/c13-9-4-5-11-10(6-9)12(15-7-14-11)8-2-1-3-8/h4-8H,1-3H2. The molecule has 0 bridgehead atoms. The molecule has 0 unspecified atom stereocenters. The molecule has 1 heterocycles. The molecule has 1 aromatic carbocycles. The second-order valence-corrected chi connectivity index (χ2v) is 4.96. The van der Waals surface area contributed by atoms with Crippen molar-refractivity contribution in [2.75, 3.05) is 0 Å². The molecule has 0 saturated heterocycles. The third kappa shape index (κ3) is 1.55. The Bertz CT molecular complexity index is 506. The zero-order valence-corrected chi connectivity index (χ0v) is 9.87. The predicted octanol–water partition coefficient (Wildman–Crippen LogP) is 3.66. The molecule has 0 spiro atoms. The van der Waals surface area contributed by atoms with Crippen molar-refractivity contribution in [3.8, 4) is 0 Å². The summed E-state index contributed by atoms with van der Waals surface area (Å²) >= 11 is 3.50. The average molecular weight is 263 g/mol. The fourth-order valence-electron chi connectivity index (χ4n) is 2.06. The fourth-order valence-corrected chi connectivity index (χ4v) is 2.42. The van der Waals surface area contributed by atoms with Gasteiger partial charge in [0.2, 0.25) is 0 Å². The highest BCUT2D eigenvalue weighted by Gasteiger charge is 2.22. The summed E-state index contributed by atoms with van der Waals surface area (Å²) < 4.78 is 1.10. The Morgan fingerprint density at radius 1 is 1.20 bits per heavy atom. The van der Waals surface area contributed by atoms with Crippen molar-refractivity contribution in [3.05, 3.63) is 34.7 Å². The number of fused-ring (bicyclic) bond motifs is 1. The van der Waals surface area contributed by atoms with Gasteiger partial charge in [-0.05, 0) is 31.0 Å². The van der Waals surface area contributed by atoms with Crippen LogP contribution in [-0.4, -0.2) is 9.97 Å². The molecule has 1 aromatic heterocycles. The molecule has 0 amide bonds. The first-order valence-electron chi connectivity index (χ1n) is 5.25. The number of benzene rings is 1. The van der Waals surface area contributed by atoms with Gasteiger partial charge in [0.15, 0.2) is 0 Å². The van der Waals surface area contributed by atoms with Crippen molar-refractivity contribution in [2.24, 2.45) is 0 Å². The van der Waals surface area contributed by atoms with Crippen LogP contribution in [0, 0.1) is 0 Å². The number of hydrogen-bond donors (Lipinski definition) is 0. The lowest BCUT2D eigenvalue weighted by molar-refractivity contribution is 0.413. The second-order valence-electron chi connectivity index (χ2n) is 4.05. The van der Waals surface area contributed by atoms with Crippen molar-refractivity contribution in [1.29, 1.82) is 0 Å². The SMILES string of the molecule is Brc1ccc2ncnc(C3CCC3)c2c1. The highest BCUT2D eigenvalue weighted by molar-refractivity contribution is 9.10. The lowest BCUT2D eigenvalue weighted by Crippen LogP contribution is -2.11. The van der Waals surface area contributed by atoms with Gasteiger partial charge in [0.1, 0.15) is 6.33 Å². The molecule has 1 fully saturated rings. The van der Waals surface area contributed by atoms with Crippen LogP contribution in [0.3, 0.4) is 0 Å². The summed E-state index contributed by atoms with van der Waals surface area (Å²) in [5.74, 6) is 0.657. The smallest absolute Gasteiger partial charge is 0.116 e. The highest BCUT2D eigenvalue weighted by atomic mass is 79.9. The topological polar surface area (TPSA) is 25.8 Å². The number of halogens is 1. The Hall–Kier alpha value is -0.960. The fraction of sp³-hybridized carbons (Fsp3) is 0.333. The maximum atomic E-state index is 4.44. The van der Waals surface area contributed by atoms with E-state index in [4.69, 9.17) is 0 Å². The van der Waals surface area contributed by atoms with Crippen LogP contribution in [0.1, 0.15) is 30.9 Å². The van der Waals surface area contributed by atoms with E-state index in [9.17, 15) is 0 Å². The third-order valence-corrected chi connectivity index (χ3v) is 3.61. The minimum Gasteiger partial charge on any atom is -0.240 e. The van der Waals surface area contributed by atoms with E-state index in [1.807, 2.05) is 12.1 Å². The van der Waals surface area contributed by atoms with Gasteiger partial charge >= 0.3 is 0 Å². The Morgan fingerprint density at radius 2 is 2.07 bits per heavy atom. The van der Waals surface area contributed by atoms with Gasteiger partial charge in [0.05, 0.1) is 11.2 Å². The Morgan fingerprint density at radius 3 is 2.80 bits per heavy atom. The molecular formula is C12H11BrN2. The van der Waals surface area contributed by atoms with Crippen LogP contribution in [0.4, 0.5) is 0 Å². The van der Waals surface area contributed by atoms with Crippen molar-refractivity contribution in [2.45, 2.75) is 25.2 Å². The normalized spacial score (nSPS) is 16.6. The molecule has 15 heavy (non-hydrogen) atoms. The maximum absolute atomic E-state index is 4.44. The van der Waals surface area contributed by atoms with Crippen LogP contribution in [0.25, 0.3) is 10.9 Å². The summed E-state index contributed by atoms with van der Waals surface area (Å²) in [4.78, 5) is 8.73. The molecule has 2 aromatic rings. The molecule has 3 heteroatoms. The van der Waals surface area contributed by atoms with E-state index >= 15 is 0 Å². The molecular weight excluding hydrogens is 252 g/mol. The van der Waals surface area contributed by atoms with E-state index in [0.717, 1.165) is 9.99 Å². The number of rotatable bonds is 1. The second kappa shape index (κ2) is 3.56. The Labute approximate surface area is 96.9 Å². The monoisotopic (exact) mass is 262 g/mol. The van der Waals surface area contributed by atoms with E-state index < -0.39 is 0 Å². The zero-order chi connectivity index (χ0) is 10.3. The van der Waals surface area contributed by atoms with Gasteiger partial charge in [-0.15, -0.1) is 0 Å². The quantitative estimate of drug-likeness (QED) is 0.784. The minimum atomic E-state index is 0.657. The molecule has 2 nitrogen and oxygen atoms in total. The van der Waals surface area contributed by atoms with E-state index in [-0.39, 0.29) is 0 Å². The molecule has 0 N–H and O–H groups in total. The van der Waals surface area contributed by atoms with Crippen LogP contribution in [0.2, 0.25) is 0 Å². The van der Waals surface area contributed by atoms with Crippen LogP contribution in [0.15, 0.2) is 29.0 Å². The van der Waals surface area contributed by atoms with Crippen LogP contribution >= 0.6 is 15.9 Å². The largest absolute Gasteiger partial charge is 0.240 e. The van der Waals surface area contributed by atoms with Crippen LogP contribution in [0.5, 0.6) is 0 Å². The van der Waals surface area contributed by atoms with E-state index in [1.54, 1.807) is 6.33 Å². The maximum Gasteiger partial charge on any atom is 0.116 e. The van der Waals surface area contributed by atoms with Gasteiger partial charge in [-0.1, -0.05) is 22.4 Å². The molecule has 76 valence electrons. The van der Waals surface area contributed by atoms with Gasteiger partial charge in [-0.2, -0.15) is 0 Å². The van der Waals surface area contributed by atoms with Gasteiger partial charge in [0.25, 0.3) is 0 Å². The summed E-state index contributed by atoms with van der Waals surface area (Å²) in [5, 5.41) is 1.21. The van der Waals surface area contributed by atoms with Crippen LogP contribution < -0.4 is 0 Å². The summed E-state index contributed by atoms with van der Waals surface area (Å²) in [6.07, 6.45) is 5.57. The lowest BCUT2D eigenvalue weighted by atomic mass is 9.81. The zero-order valence-electron chi connectivity index (χ0n) is 8.28. The summed E-state index contributed by atoms with van der Waals surface area (Å²) in [7, 11) is 0. The molecule has 0 atom stereocenters. The highest BCUT2D eigenvalue weighted by Crippen LogP contribution is 2.38. The summed E-state index contributed by atoms with van der Waals surface area (Å²) in [6.45, 7) is 0. The van der Waals surface area contributed by atoms with Gasteiger partial charge in [-0.3, -0.25) is 0 Å². The number of nitrogens with zero attached hydrogens (tertiary/aromatic N) is 2. The molecule has 1 saturated carbocycles. The molecule has 0 aliphatic heterocycles. The molecule has 0 radical (unpaired) electrons. The number of hydrogen-bond acceptors (Lipinski definition) is 2. The van der Waals surface area contributed by atoms with E-state index in [2.05, 4.69) is 32.0 Å². The van der Waals surface area contributed by atoms with Gasteiger partial charge < -0.3 is 0 Å². The lowest BCUT2D eigenvalue weighted by Gasteiger charge is -2.25. The van der Waals surface area contributed by atoms with Crippen molar-refractivity contribution < 1.29 is 0 Å². The third-order valence-electron chi connectivity index (χ3n) is 3.12. The average Bonchev–Trinajstić information content (AvgIpc) is 2.16. The van der Waals surface area contributed by atoms with Crippen molar-refractivity contribution in [3.63, 3.8) is 0 Å². The predicted molar refractivity (Wildman–Crippen MR) is 63.8 cm³/mol. The summed E-state index contributed by atoms with van der Waals surface area (Å²) in [6, 6.07) is 6.20. The van der Waals surface area contributed by atoms with E-state index in [0.29, 0.717) is 5.92 Å². The Kier molecular flexibility index (Phi) is 2.20. The van der Waals surface area contributed by atoms with Crippen molar-refractivity contribution >= 4 is 26.8 Å². The minimum absolute atomic E-state index is 0.657. The van der Waals surface area contributed by atoms with Crippen LogP contribution in [-0.2, 0) is 0 Å². The van der Waals surface area contributed by atoms with Crippen molar-refractivity contribution in [1.82, 2.24) is 9.97 Å². The van der Waals surface area contributed by atoms with E-state index in [1.165, 1.54) is 30.3 Å². The molecule has 3 rings (SSSR count). The molecule has 1 aliphatic carbocycles. The molecule has 1 aliphatic rings. The van der Waals surface area contributed by atoms with Gasteiger partial charge in [-0.25, -0.2) is 9.97 Å². The van der Waals surface area contributed by atoms with Gasteiger partial charge in [0, 0.05) is 15.8 Å².